The number of rotatable bonds is 6. The van der Waals surface area contributed by atoms with Crippen molar-refractivity contribution < 1.29 is 13.2 Å². The van der Waals surface area contributed by atoms with Crippen molar-refractivity contribution in [2.24, 2.45) is 0 Å². The predicted molar refractivity (Wildman–Crippen MR) is 76.9 cm³/mol. The largest absolute Gasteiger partial charge is 0.381 e. The van der Waals surface area contributed by atoms with Gasteiger partial charge in [0.25, 0.3) is 0 Å². The maximum Gasteiger partial charge on any atom is 0.214 e. The van der Waals surface area contributed by atoms with Gasteiger partial charge in [0.05, 0.1) is 17.9 Å². The van der Waals surface area contributed by atoms with Crippen LogP contribution >= 0.6 is 0 Å². The first kappa shape index (κ1) is 15.5. The zero-order chi connectivity index (χ0) is 14.6. The molecular weight excluding hydrogens is 278 g/mol. The van der Waals surface area contributed by atoms with E-state index < -0.39 is 10.0 Å². The van der Waals surface area contributed by atoms with Crippen molar-refractivity contribution in [3.05, 3.63) is 18.5 Å². The van der Waals surface area contributed by atoms with Crippen LogP contribution in [0.3, 0.4) is 0 Å². The van der Waals surface area contributed by atoms with Gasteiger partial charge in [0.1, 0.15) is 0 Å². The topological polar surface area (TPSA) is 73.2 Å². The Morgan fingerprint density at radius 1 is 1.45 bits per heavy atom. The predicted octanol–water partition coefficient (Wildman–Crippen LogP) is 1.32. The molecule has 0 bridgehead atoms. The van der Waals surface area contributed by atoms with Gasteiger partial charge in [0.2, 0.25) is 10.0 Å². The lowest BCUT2D eigenvalue weighted by molar-refractivity contribution is 0.135. The number of ether oxygens (including phenoxy) is 1. The average molecular weight is 301 g/mol. The molecule has 7 heteroatoms. The summed E-state index contributed by atoms with van der Waals surface area (Å²) in [6, 6.07) is 1.89. The van der Waals surface area contributed by atoms with Crippen molar-refractivity contribution in [3.8, 4) is 0 Å². The molecule has 0 amide bonds. The third-order valence-electron chi connectivity index (χ3n) is 3.78. The summed E-state index contributed by atoms with van der Waals surface area (Å²) >= 11 is 0. The number of hydrogen-bond acceptors (Lipinski definition) is 4. The highest BCUT2D eigenvalue weighted by Crippen LogP contribution is 2.28. The monoisotopic (exact) mass is 301 g/mol. The number of sulfonamides is 1. The summed E-state index contributed by atoms with van der Waals surface area (Å²) in [6.45, 7) is 1.76. The second kappa shape index (κ2) is 6.69. The van der Waals surface area contributed by atoms with Crippen LogP contribution in [0, 0.1) is 0 Å². The Kier molecular flexibility index (Phi) is 5.17. The molecule has 0 aromatic carbocycles. The molecule has 20 heavy (non-hydrogen) atoms. The van der Waals surface area contributed by atoms with E-state index in [0.717, 1.165) is 25.7 Å². The van der Waals surface area contributed by atoms with E-state index in [1.54, 1.807) is 13.1 Å². The van der Waals surface area contributed by atoms with E-state index in [1.807, 2.05) is 16.9 Å². The summed E-state index contributed by atoms with van der Waals surface area (Å²) in [6.07, 6.45) is 7.28. The van der Waals surface area contributed by atoms with Crippen LogP contribution in [0.5, 0.6) is 0 Å². The van der Waals surface area contributed by atoms with E-state index in [4.69, 9.17) is 4.74 Å². The standard InChI is InChI=1S/C13H23N3O3S/c1-11(19-2)10-20(17,18)15-12-6-3-4-7-13(12)16-9-5-8-14-16/h5,8-9,11-13,15H,3-4,6-7,10H2,1-2H3. The molecule has 0 aliphatic heterocycles. The van der Waals surface area contributed by atoms with Crippen LogP contribution in [0.2, 0.25) is 0 Å². The lowest BCUT2D eigenvalue weighted by Gasteiger charge is -2.32. The van der Waals surface area contributed by atoms with Crippen LogP contribution in [0.25, 0.3) is 0 Å². The molecule has 0 radical (unpaired) electrons. The van der Waals surface area contributed by atoms with E-state index in [9.17, 15) is 8.42 Å². The van der Waals surface area contributed by atoms with E-state index >= 15 is 0 Å². The van der Waals surface area contributed by atoms with Crippen LogP contribution in [-0.2, 0) is 14.8 Å². The maximum absolute atomic E-state index is 12.2. The third-order valence-corrected chi connectivity index (χ3v) is 5.35. The van der Waals surface area contributed by atoms with E-state index in [2.05, 4.69) is 9.82 Å². The minimum Gasteiger partial charge on any atom is -0.381 e. The number of methoxy groups -OCH3 is 1. The molecule has 3 atom stereocenters. The molecule has 3 unspecified atom stereocenters. The van der Waals surface area contributed by atoms with Gasteiger partial charge in [-0.25, -0.2) is 13.1 Å². The van der Waals surface area contributed by atoms with Crippen molar-refractivity contribution in [1.29, 1.82) is 0 Å². The van der Waals surface area contributed by atoms with E-state index in [0.29, 0.717) is 0 Å². The molecule has 0 saturated heterocycles. The Labute approximate surface area is 120 Å². The lowest BCUT2D eigenvalue weighted by atomic mass is 9.91. The summed E-state index contributed by atoms with van der Waals surface area (Å²) in [5.41, 5.74) is 0. The van der Waals surface area contributed by atoms with Crippen molar-refractivity contribution in [1.82, 2.24) is 14.5 Å². The van der Waals surface area contributed by atoms with Crippen LogP contribution < -0.4 is 4.72 Å². The first-order valence-electron chi connectivity index (χ1n) is 7.04. The van der Waals surface area contributed by atoms with Gasteiger partial charge in [-0.3, -0.25) is 4.68 Å². The summed E-state index contributed by atoms with van der Waals surface area (Å²) in [4.78, 5) is 0. The Bertz CT molecular complexity index is 501. The van der Waals surface area contributed by atoms with Gasteiger partial charge in [-0.1, -0.05) is 12.8 Å². The molecule has 1 heterocycles. The molecule has 1 aromatic rings. The zero-order valence-corrected chi connectivity index (χ0v) is 12.8. The molecule has 1 N–H and O–H groups in total. The first-order chi connectivity index (χ1) is 9.52. The Morgan fingerprint density at radius 3 is 2.85 bits per heavy atom. The highest BCUT2D eigenvalue weighted by atomic mass is 32.2. The lowest BCUT2D eigenvalue weighted by Crippen LogP contribution is -2.45. The highest BCUT2D eigenvalue weighted by Gasteiger charge is 2.30. The molecule has 1 fully saturated rings. The average Bonchev–Trinajstić information content (AvgIpc) is 2.92. The normalized spacial score (nSPS) is 25.5. The zero-order valence-electron chi connectivity index (χ0n) is 12.0. The molecule has 0 spiro atoms. The molecule has 1 aliphatic rings. The molecule has 1 saturated carbocycles. The molecular formula is C13H23N3O3S. The van der Waals surface area contributed by atoms with Gasteiger partial charge in [-0.2, -0.15) is 5.10 Å². The van der Waals surface area contributed by atoms with Gasteiger partial charge in [0, 0.05) is 25.5 Å². The Morgan fingerprint density at radius 2 is 2.20 bits per heavy atom. The Balaban J connectivity index is 2.05. The SMILES string of the molecule is COC(C)CS(=O)(=O)NC1CCCCC1n1cccn1. The number of nitrogens with one attached hydrogen (secondary N) is 1. The van der Waals surface area contributed by atoms with E-state index in [-0.39, 0.29) is 23.9 Å². The van der Waals surface area contributed by atoms with Crippen LogP contribution in [-0.4, -0.2) is 43.2 Å². The Hall–Kier alpha value is -0.920. The maximum atomic E-state index is 12.2. The van der Waals surface area contributed by atoms with Crippen molar-refractivity contribution in [2.45, 2.75) is 50.8 Å². The van der Waals surface area contributed by atoms with Gasteiger partial charge < -0.3 is 4.74 Å². The number of hydrogen-bond donors (Lipinski definition) is 1. The van der Waals surface area contributed by atoms with E-state index in [1.165, 1.54) is 7.11 Å². The summed E-state index contributed by atoms with van der Waals surface area (Å²) in [5, 5.41) is 4.25. The molecule has 2 rings (SSSR count). The fourth-order valence-electron chi connectivity index (χ4n) is 2.70. The highest BCUT2D eigenvalue weighted by molar-refractivity contribution is 7.89. The van der Waals surface area contributed by atoms with Crippen molar-refractivity contribution in [2.75, 3.05) is 12.9 Å². The minimum absolute atomic E-state index is 0.00811. The fraction of sp³-hybridized carbons (Fsp3) is 0.769. The molecule has 6 nitrogen and oxygen atoms in total. The number of nitrogens with zero attached hydrogens (tertiary/aromatic N) is 2. The smallest absolute Gasteiger partial charge is 0.214 e. The third kappa shape index (κ3) is 4.04. The van der Waals surface area contributed by atoms with Crippen molar-refractivity contribution in [3.63, 3.8) is 0 Å². The van der Waals surface area contributed by atoms with Crippen LogP contribution in [0.1, 0.15) is 38.6 Å². The molecule has 114 valence electrons. The van der Waals surface area contributed by atoms with Crippen LogP contribution in [0.15, 0.2) is 18.5 Å². The second-order valence-corrected chi connectivity index (χ2v) is 7.19. The number of aromatic nitrogens is 2. The first-order valence-corrected chi connectivity index (χ1v) is 8.69. The minimum atomic E-state index is -3.33. The summed E-state index contributed by atoms with van der Waals surface area (Å²) < 4.78 is 34.1. The fourth-order valence-corrected chi connectivity index (χ4v) is 4.28. The second-order valence-electron chi connectivity index (χ2n) is 5.39. The van der Waals surface area contributed by atoms with Gasteiger partial charge in [0.15, 0.2) is 0 Å². The molecule has 1 aromatic heterocycles. The van der Waals surface area contributed by atoms with Gasteiger partial charge in [-0.15, -0.1) is 0 Å². The molecule has 1 aliphatic carbocycles. The van der Waals surface area contributed by atoms with Gasteiger partial charge >= 0.3 is 0 Å². The van der Waals surface area contributed by atoms with Gasteiger partial charge in [-0.05, 0) is 25.8 Å². The summed E-state index contributed by atoms with van der Waals surface area (Å²) in [5.74, 6) is -0.00811. The quantitative estimate of drug-likeness (QED) is 0.860. The summed E-state index contributed by atoms with van der Waals surface area (Å²) in [7, 11) is -1.81. The van der Waals surface area contributed by atoms with Crippen molar-refractivity contribution >= 4 is 10.0 Å². The van der Waals surface area contributed by atoms with Crippen LogP contribution in [0.4, 0.5) is 0 Å².